The molecule has 0 aliphatic heterocycles. The molecule has 1 saturated carbocycles. The van der Waals surface area contributed by atoms with Gasteiger partial charge in [0.2, 0.25) is 0 Å². The number of hydrogen-bond acceptors (Lipinski definition) is 2. The van der Waals surface area contributed by atoms with Gasteiger partial charge < -0.3 is 5.11 Å². The van der Waals surface area contributed by atoms with Crippen LogP contribution in [0.1, 0.15) is 48.0 Å². The molecule has 0 spiro atoms. The van der Waals surface area contributed by atoms with Crippen LogP contribution in [0.5, 0.6) is 0 Å². The molecule has 92 valence electrons. The third-order valence-corrected chi connectivity index (χ3v) is 3.83. The van der Waals surface area contributed by atoms with Gasteiger partial charge in [-0.3, -0.25) is 4.98 Å². The molecular weight excluding hydrogens is 222 g/mol. The molecule has 0 saturated heterocycles. The van der Waals surface area contributed by atoms with E-state index in [1.54, 1.807) is 12.4 Å². The van der Waals surface area contributed by atoms with E-state index in [1.807, 2.05) is 24.3 Å². The number of benzene rings is 1. The van der Waals surface area contributed by atoms with Crippen molar-refractivity contribution in [1.82, 2.24) is 4.98 Å². The van der Waals surface area contributed by atoms with E-state index in [2.05, 4.69) is 17.1 Å². The summed E-state index contributed by atoms with van der Waals surface area (Å²) < 4.78 is 0. The van der Waals surface area contributed by atoms with Crippen molar-refractivity contribution >= 4 is 0 Å². The Kier molecular flexibility index (Phi) is 3.11. The number of nitrogens with zero attached hydrogens (tertiary/aromatic N) is 1. The monoisotopic (exact) mass is 239 g/mol. The summed E-state index contributed by atoms with van der Waals surface area (Å²) in [6, 6.07) is 12.1. The van der Waals surface area contributed by atoms with Gasteiger partial charge in [0.25, 0.3) is 0 Å². The van der Waals surface area contributed by atoms with E-state index in [-0.39, 0.29) is 0 Å². The number of rotatable bonds is 3. The zero-order valence-corrected chi connectivity index (χ0v) is 10.3. The first-order valence-electron chi connectivity index (χ1n) is 6.52. The van der Waals surface area contributed by atoms with Gasteiger partial charge in [0.15, 0.2) is 0 Å². The average Bonchev–Trinajstić information content (AvgIpc) is 2.38. The predicted octanol–water partition coefficient (Wildman–Crippen LogP) is 3.43. The topological polar surface area (TPSA) is 33.1 Å². The van der Waals surface area contributed by atoms with Gasteiger partial charge in [0, 0.05) is 18.0 Å². The van der Waals surface area contributed by atoms with Crippen LogP contribution < -0.4 is 0 Å². The maximum absolute atomic E-state index is 10.3. The second kappa shape index (κ2) is 4.91. The Balaban J connectivity index is 1.80. The van der Waals surface area contributed by atoms with Gasteiger partial charge in [-0.2, -0.15) is 0 Å². The standard InChI is InChI=1S/C16H17NO/c18-16(15-5-2-10-17-11-15)14-8-6-13(7-9-14)12-3-1-4-12/h2,5-12,16,18H,1,3-4H2. The van der Waals surface area contributed by atoms with Crippen molar-refractivity contribution in [1.29, 1.82) is 0 Å². The van der Waals surface area contributed by atoms with Gasteiger partial charge in [0.05, 0.1) is 0 Å². The minimum atomic E-state index is -0.575. The first-order valence-corrected chi connectivity index (χ1v) is 6.52. The number of aliphatic hydroxyl groups is 1. The lowest BCUT2D eigenvalue weighted by atomic mass is 9.80. The van der Waals surface area contributed by atoms with Crippen LogP contribution in [-0.2, 0) is 0 Å². The van der Waals surface area contributed by atoms with E-state index in [9.17, 15) is 5.11 Å². The number of aliphatic hydroxyl groups excluding tert-OH is 1. The van der Waals surface area contributed by atoms with Crippen LogP contribution in [-0.4, -0.2) is 10.1 Å². The molecule has 1 unspecified atom stereocenters. The maximum Gasteiger partial charge on any atom is 0.106 e. The van der Waals surface area contributed by atoms with Crippen molar-refractivity contribution in [3.05, 3.63) is 65.5 Å². The summed E-state index contributed by atoms with van der Waals surface area (Å²) in [4.78, 5) is 4.04. The van der Waals surface area contributed by atoms with Crippen molar-refractivity contribution in [3.63, 3.8) is 0 Å². The van der Waals surface area contributed by atoms with Gasteiger partial charge in [-0.15, -0.1) is 0 Å². The highest BCUT2D eigenvalue weighted by Gasteiger charge is 2.19. The van der Waals surface area contributed by atoms with Gasteiger partial charge >= 0.3 is 0 Å². The number of aromatic nitrogens is 1. The molecule has 1 aromatic heterocycles. The molecule has 1 aliphatic rings. The molecule has 0 bridgehead atoms. The zero-order valence-electron chi connectivity index (χ0n) is 10.3. The third kappa shape index (κ3) is 2.16. The summed E-state index contributed by atoms with van der Waals surface area (Å²) in [6.07, 6.45) is 6.83. The maximum atomic E-state index is 10.3. The highest BCUT2D eigenvalue weighted by molar-refractivity contribution is 5.32. The fourth-order valence-corrected chi connectivity index (χ4v) is 2.42. The fourth-order valence-electron chi connectivity index (χ4n) is 2.42. The minimum absolute atomic E-state index is 0.575. The lowest BCUT2D eigenvalue weighted by Crippen LogP contribution is -2.09. The average molecular weight is 239 g/mol. The van der Waals surface area contributed by atoms with Crippen molar-refractivity contribution in [2.45, 2.75) is 31.3 Å². The normalized spacial score (nSPS) is 17.2. The summed E-state index contributed by atoms with van der Waals surface area (Å²) in [5.74, 6) is 0.745. The minimum Gasteiger partial charge on any atom is -0.384 e. The SMILES string of the molecule is OC(c1ccc(C2CCC2)cc1)c1cccnc1. The summed E-state index contributed by atoms with van der Waals surface area (Å²) in [7, 11) is 0. The smallest absolute Gasteiger partial charge is 0.106 e. The Labute approximate surface area is 107 Å². The Morgan fingerprint density at radius 3 is 2.39 bits per heavy atom. The van der Waals surface area contributed by atoms with Crippen molar-refractivity contribution < 1.29 is 5.11 Å². The molecule has 2 aromatic rings. The highest BCUT2D eigenvalue weighted by Crippen LogP contribution is 2.36. The molecule has 1 aromatic carbocycles. The molecule has 1 aliphatic carbocycles. The van der Waals surface area contributed by atoms with Crippen LogP contribution in [0.25, 0.3) is 0 Å². The van der Waals surface area contributed by atoms with Gasteiger partial charge in [-0.05, 0) is 36.0 Å². The fraction of sp³-hybridized carbons (Fsp3) is 0.312. The van der Waals surface area contributed by atoms with E-state index in [4.69, 9.17) is 0 Å². The molecule has 0 radical (unpaired) electrons. The summed E-state index contributed by atoms with van der Waals surface area (Å²) in [5, 5.41) is 10.3. The summed E-state index contributed by atoms with van der Waals surface area (Å²) in [6.45, 7) is 0. The van der Waals surface area contributed by atoms with Crippen molar-refractivity contribution in [3.8, 4) is 0 Å². The van der Waals surface area contributed by atoms with E-state index in [0.717, 1.165) is 17.0 Å². The zero-order chi connectivity index (χ0) is 12.4. The first-order chi connectivity index (χ1) is 8.84. The Morgan fingerprint density at radius 1 is 1.06 bits per heavy atom. The molecule has 0 amide bonds. The molecule has 1 atom stereocenters. The van der Waals surface area contributed by atoms with Crippen LogP contribution in [0.4, 0.5) is 0 Å². The second-order valence-electron chi connectivity index (χ2n) is 4.98. The molecular formula is C16H17NO. The van der Waals surface area contributed by atoms with E-state index >= 15 is 0 Å². The molecule has 1 N–H and O–H groups in total. The lowest BCUT2D eigenvalue weighted by molar-refractivity contribution is 0.220. The first kappa shape index (κ1) is 11.4. The Bertz CT molecular complexity index is 502. The second-order valence-corrected chi connectivity index (χ2v) is 4.98. The van der Waals surface area contributed by atoms with Gasteiger partial charge in [0.1, 0.15) is 6.10 Å². The van der Waals surface area contributed by atoms with Gasteiger partial charge in [-0.1, -0.05) is 36.8 Å². The van der Waals surface area contributed by atoms with E-state index < -0.39 is 6.10 Å². The molecule has 3 rings (SSSR count). The lowest BCUT2D eigenvalue weighted by Gasteiger charge is -2.26. The van der Waals surface area contributed by atoms with Crippen LogP contribution >= 0.6 is 0 Å². The van der Waals surface area contributed by atoms with Crippen LogP contribution in [0.2, 0.25) is 0 Å². The van der Waals surface area contributed by atoms with E-state index in [1.165, 1.54) is 24.8 Å². The predicted molar refractivity (Wildman–Crippen MR) is 71.3 cm³/mol. The van der Waals surface area contributed by atoms with E-state index in [0.29, 0.717) is 0 Å². The largest absolute Gasteiger partial charge is 0.384 e. The summed E-state index contributed by atoms with van der Waals surface area (Å²) >= 11 is 0. The summed E-state index contributed by atoms with van der Waals surface area (Å²) in [5.41, 5.74) is 3.18. The molecule has 2 heteroatoms. The highest BCUT2D eigenvalue weighted by atomic mass is 16.3. The molecule has 1 fully saturated rings. The van der Waals surface area contributed by atoms with Crippen molar-refractivity contribution in [2.24, 2.45) is 0 Å². The van der Waals surface area contributed by atoms with Crippen LogP contribution in [0.3, 0.4) is 0 Å². The van der Waals surface area contributed by atoms with Gasteiger partial charge in [-0.25, -0.2) is 0 Å². The quantitative estimate of drug-likeness (QED) is 0.890. The Morgan fingerprint density at radius 2 is 1.83 bits per heavy atom. The number of hydrogen-bond donors (Lipinski definition) is 1. The van der Waals surface area contributed by atoms with Crippen molar-refractivity contribution in [2.75, 3.05) is 0 Å². The Hall–Kier alpha value is -1.67. The molecule has 2 nitrogen and oxygen atoms in total. The van der Waals surface area contributed by atoms with Crippen LogP contribution in [0, 0.1) is 0 Å². The third-order valence-electron chi connectivity index (χ3n) is 3.83. The molecule has 18 heavy (non-hydrogen) atoms. The number of pyridine rings is 1. The molecule has 1 heterocycles. The van der Waals surface area contributed by atoms with Crippen LogP contribution in [0.15, 0.2) is 48.8 Å².